The van der Waals surface area contributed by atoms with E-state index in [1.54, 1.807) is 12.1 Å². The van der Waals surface area contributed by atoms with Gasteiger partial charge in [-0.3, -0.25) is 0 Å². The van der Waals surface area contributed by atoms with Crippen LogP contribution in [-0.4, -0.2) is 18.2 Å². The van der Waals surface area contributed by atoms with Gasteiger partial charge < -0.3 is 10.4 Å². The van der Waals surface area contributed by atoms with Gasteiger partial charge in [0.25, 0.3) is 0 Å². The molecule has 1 heterocycles. The van der Waals surface area contributed by atoms with E-state index in [2.05, 4.69) is 23.5 Å². The molecule has 3 rings (SSSR count). The molecule has 1 saturated heterocycles. The number of aromatic hydroxyl groups is 1. The lowest BCUT2D eigenvalue weighted by molar-refractivity contribution is 0.449. The van der Waals surface area contributed by atoms with Crippen molar-refractivity contribution in [3.63, 3.8) is 0 Å². The Kier molecular flexibility index (Phi) is 1.89. The standard InChI is InChI=1S/C13H13NO/c15-13-4-3-9-5-10(12-7-14-8-12)1-2-11(9)6-13/h1-6,12,14-15H,7-8H2. The summed E-state index contributed by atoms with van der Waals surface area (Å²) in [6.45, 7) is 2.17. The van der Waals surface area contributed by atoms with Gasteiger partial charge in [-0.1, -0.05) is 24.3 Å². The van der Waals surface area contributed by atoms with E-state index in [1.165, 1.54) is 10.9 Å². The smallest absolute Gasteiger partial charge is 0.116 e. The normalized spacial score (nSPS) is 16.5. The van der Waals surface area contributed by atoms with E-state index in [0.717, 1.165) is 18.5 Å². The molecular formula is C13H13NO. The third kappa shape index (κ3) is 1.47. The van der Waals surface area contributed by atoms with Crippen molar-refractivity contribution in [1.29, 1.82) is 0 Å². The van der Waals surface area contributed by atoms with Gasteiger partial charge >= 0.3 is 0 Å². The molecule has 1 fully saturated rings. The number of hydrogen-bond acceptors (Lipinski definition) is 2. The van der Waals surface area contributed by atoms with Crippen molar-refractivity contribution in [2.45, 2.75) is 5.92 Å². The van der Waals surface area contributed by atoms with Crippen LogP contribution in [0.1, 0.15) is 11.5 Å². The van der Waals surface area contributed by atoms with E-state index in [1.807, 2.05) is 6.07 Å². The molecule has 2 aromatic rings. The third-order valence-corrected chi connectivity index (χ3v) is 3.10. The molecule has 1 aliphatic heterocycles. The summed E-state index contributed by atoms with van der Waals surface area (Å²) in [5.41, 5.74) is 1.40. The lowest BCUT2D eigenvalue weighted by Gasteiger charge is -2.27. The van der Waals surface area contributed by atoms with Crippen LogP contribution < -0.4 is 5.32 Å². The van der Waals surface area contributed by atoms with Crippen LogP contribution in [0.4, 0.5) is 0 Å². The van der Waals surface area contributed by atoms with Crippen molar-refractivity contribution < 1.29 is 5.11 Å². The Balaban J connectivity index is 2.09. The first-order valence-corrected chi connectivity index (χ1v) is 5.26. The molecule has 2 aromatic carbocycles. The lowest BCUT2D eigenvalue weighted by Crippen LogP contribution is -2.39. The number of hydrogen-bond donors (Lipinski definition) is 2. The Morgan fingerprint density at radius 3 is 2.47 bits per heavy atom. The molecule has 2 N–H and O–H groups in total. The molecular weight excluding hydrogens is 186 g/mol. The summed E-state index contributed by atoms with van der Waals surface area (Å²) in [6, 6.07) is 12.0. The van der Waals surface area contributed by atoms with Gasteiger partial charge in [0.2, 0.25) is 0 Å². The van der Waals surface area contributed by atoms with Gasteiger partial charge in [0.1, 0.15) is 5.75 Å². The zero-order valence-electron chi connectivity index (χ0n) is 8.40. The molecule has 0 radical (unpaired) electrons. The molecule has 76 valence electrons. The van der Waals surface area contributed by atoms with Gasteiger partial charge in [0, 0.05) is 19.0 Å². The van der Waals surface area contributed by atoms with Crippen LogP contribution in [0, 0.1) is 0 Å². The molecule has 2 heteroatoms. The number of nitrogens with one attached hydrogen (secondary N) is 1. The monoisotopic (exact) mass is 199 g/mol. The first kappa shape index (κ1) is 8.74. The van der Waals surface area contributed by atoms with Crippen LogP contribution in [-0.2, 0) is 0 Å². The van der Waals surface area contributed by atoms with E-state index >= 15 is 0 Å². The van der Waals surface area contributed by atoms with Gasteiger partial charge in [-0.2, -0.15) is 0 Å². The van der Waals surface area contributed by atoms with Crippen LogP contribution in [0.2, 0.25) is 0 Å². The highest BCUT2D eigenvalue weighted by Gasteiger charge is 2.18. The quantitative estimate of drug-likeness (QED) is 0.738. The van der Waals surface area contributed by atoms with E-state index < -0.39 is 0 Å². The summed E-state index contributed by atoms with van der Waals surface area (Å²) < 4.78 is 0. The van der Waals surface area contributed by atoms with Crippen LogP contribution in [0.5, 0.6) is 5.75 Å². The van der Waals surface area contributed by atoms with Crippen molar-refractivity contribution in [2.75, 3.05) is 13.1 Å². The fraction of sp³-hybridized carbons (Fsp3) is 0.231. The second-order valence-electron chi connectivity index (χ2n) is 4.15. The van der Waals surface area contributed by atoms with Crippen molar-refractivity contribution >= 4 is 10.8 Å². The first-order valence-electron chi connectivity index (χ1n) is 5.26. The zero-order valence-corrected chi connectivity index (χ0v) is 8.40. The molecule has 0 spiro atoms. The maximum absolute atomic E-state index is 9.36. The topological polar surface area (TPSA) is 32.3 Å². The number of fused-ring (bicyclic) bond motifs is 1. The summed E-state index contributed by atoms with van der Waals surface area (Å²) in [7, 11) is 0. The predicted octanol–water partition coefficient (Wildman–Crippen LogP) is 2.23. The third-order valence-electron chi connectivity index (χ3n) is 3.10. The second-order valence-corrected chi connectivity index (χ2v) is 4.15. The predicted molar refractivity (Wildman–Crippen MR) is 61.2 cm³/mol. The van der Waals surface area contributed by atoms with Gasteiger partial charge in [-0.15, -0.1) is 0 Å². The van der Waals surface area contributed by atoms with Gasteiger partial charge in [-0.25, -0.2) is 0 Å². The van der Waals surface area contributed by atoms with Crippen molar-refractivity contribution in [3.8, 4) is 5.75 Å². The average molecular weight is 199 g/mol. The Bertz CT molecular complexity index is 503. The summed E-state index contributed by atoms with van der Waals surface area (Å²) in [5.74, 6) is 1.00. The van der Waals surface area contributed by atoms with Crippen LogP contribution in [0.3, 0.4) is 0 Å². The number of benzene rings is 2. The largest absolute Gasteiger partial charge is 0.508 e. The second kappa shape index (κ2) is 3.24. The minimum atomic E-state index is 0.334. The molecule has 15 heavy (non-hydrogen) atoms. The van der Waals surface area contributed by atoms with Gasteiger partial charge in [-0.05, 0) is 28.5 Å². The molecule has 0 bridgehead atoms. The van der Waals surface area contributed by atoms with Crippen LogP contribution in [0.15, 0.2) is 36.4 Å². The van der Waals surface area contributed by atoms with Crippen molar-refractivity contribution in [3.05, 3.63) is 42.0 Å². The number of phenolic OH excluding ortho intramolecular Hbond substituents is 1. The van der Waals surface area contributed by atoms with Gasteiger partial charge in [0.15, 0.2) is 0 Å². The highest BCUT2D eigenvalue weighted by Crippen LogP contribution is 2.26. The average Bonchev–Trinajstić information content (AvgIpc) is 2.15. The summed E-state index contributed by atoms with van der Waals surface area (Å²) in [6.07, 6.45) is 0. The molecule has 0 aromatic heterocycles. The minimum Gasteiger partial charge on any atom is -0.508 e. The Morgan fingerprint density at radius 1 is 1.00 bits per heavy atom. The summed E-state index contributed by atoms with van der Waals surface area (Å²) in [5, 5.41) is 14.9. The molecule has 0 saturated carbocycles. The molecule has 0 aliphatic carbocycles. The van der Waals surface area contributed by atoms with Crippen LogP contribution >= 0.6 is 0 Å². The highest BCUT2D eigenvalue weighted by molar-refractivity contribution is 5.84. The fourth-order valence-corrected chi connectivity index (χ4v) is 2.03. The molecule has 0 atom stereocenters. The van der Waals surface area contributed by atoms with Crippen molar-refractivity contribution in [2.24, 2.45) is 0 Å². The van der Waals surface area contributed by atoms with E-state index in [4.69, 9.17) is 0 Å². The fourth-order valence-electron chi connectivity index (χ4n) is 2.03. The first-order chi connectivity index (χ1) is 7.33. The Labute approximate surface area is 88.5 Å². The maximum Gasteiger partial charge on any atom is 0.116 e. The Hall–Kier alpha value is -1.54. The number of rotatable bonds is 1. The zero-order chi connectivity index (χ0) is 10.3. The van der Waals surface area contributed by atoms with Crippen molar-refractivity contribution in [1.82, 2.24) is 5.32 Å². The van der Waals surface area contributed by atoms with E-state index in [9.17, 15) is 5.11 Å². The molecule has 2 nitrogen and oxygen atoms in total. The summed E-state index contributed by atoms with van der Waals surface area (Å²) >= 11 is 0. The number of phenols is 1. The minimum absolute atomic E-state index is 0.334. The summed E-state index contributed by atoms with van der Waals surface area (Å²) in [4.78, 5) is 0. The SMILES string of the molecule is Oc1ccc2cc(C3CNC3)ccc2c1. The highest BCUT2D eigenvalue weighted by atomic mass is 16.3. The maximum atomic E-state index is 9.36. The van der Waals surface area contributed by atoms with E-state index in [-0.39, 0.29) is 0 Å². The molecule has 0 amide bonds. The Morgan fingerprint density at radius 2 is 1.73 bits per heavy atom. The lowest BCUT2D eigenvalue weighted by atomic mass is 9.92. The van der Waals surface area contributed by atoms with Crippen LogP contribution in [0.25, 0.3) is 10.8 Å². The van der Waals surface area contributed by atoms with Gasteiger partial charge in [0.05, 0.1) is 0 Å². The molecule has 1 aliphatic rings. The molecule has 0 unspecified atom stereocenters. The van der Waals surface area contributed by atoms with E-state index in [0.29, 0.717) is 11.7 Å².